The second-order valence-corrected chi connectivity index (χ2v) is 8.08. The monoisotopic (exact) mass is 408 g/mol. The molecule has 0 radical (unpaired) electrons. The predicted octanol–water partition coefficient (Wildman–Crippen LogP) is 4.76. The smallest absolute Gasteiger partial charge is 0.337 e. The van der Waals surface area contributed by atoms with Crippen LogP contribution in [0, 0.1) is 6.92 Å². The van der Waals surface area contributed by atoms with Crippen molar-refractivity contribution in [2.45, 2.75) is 38.8 Å². The van der Waals surface area contributed by atoms with Gasteiger partial charge in [-0.1, -0.05) is 30.3 Å². The molecule has 2 heterocycles. The lowest BCUT2D eigenvalue weighted by molar-refractivity contribution is 0.0600. The Morgan fingerprint density at radius 1 is 1.13 bits per heavy atom. The van der Waals surface area contributed by atoms with Gasteiger partial charge < -0.3 is 9.30 Å². The number of esters is 1. The number of rotatable bonds is 7. The van der Waals surface area contributed by atoms with E-state index in [0.717, 1.165) is 44.5 Å². The van der Waals surface area contributed by atoms with Crippen LogP contribution in [0.1, 0.15) is 40.0 Å². The van der Waals surface area contributed by atoms with Crippen molar-refractivity contribution in [3.8, 4) is 0 Å². The number of nitrogens with zero attached hydrogens (tertiary/aromatic N) is 2. The lowest BCUT2D eigenvalue weighted by Gasteiger charge is -2.23. The minimum atomic E-state index is -0.317. The molecular weight excluding hydrogens is 379 g/mol. The molecule has 1 aliphatic heterocycles. The molecule has 1 fully saturated rings. The number of methoxy groups -OCH3 is 1. The maximum atomic E-state index is 13.3. The third kappa shape index (κ3) is 3.99. The highest BCUT2D eigenvalue weighted by atomic mass is 19.1. The van der Waals surface area contributed by atoms with Crippen molar-refractivity contribution < 1.29 is 13.9 Å². The topological polar surface area (TPSA) is 34.5 Å². The summed E-state index contributed by atoms with van der Waals surface area (Å²) in [6.45, 7) is 4.66. The Morgan fingerprint density at radius 3 is 2.63 bits per heavy atom. The fourth-order valence-electron chi connectivity index (χ4n) is 4.69. The third-order valence-electron chi connectivity index (χ3n) is 6.41. The number of fused-ring (bicyclic) bond motifs is 1. The van der Waals surface area contributed by atoms with Crippen LogP contribution in [-0.2, 0) is 17.7 Å². The van der Waals surface area contributed by atoms with Gasteiger partial charge in [0.15, 0.2) is 0 Å². The van der Waals surface area contributed by atoms with Gasteiger partial charge in [-0.3, -0.25) is 4.90 Å². The van der Waals surface area contributed by atoms with Gasteiger partial charge in [-0.25, -0.2) is 9.18 Å². The van der Waals surface area contributed by atoms with E-state index in [1.165, 1.54) is 29.3 Å². The van der Waals surface area contributed by atoms with Crippen molar-refractivity contribution in [3.05, 3.63) is 70.9 Å². The molecule has 4 rings (SSSR count). The first kappa shape index (κ1) is 20.6. The first-order valence-electron chi connectivity index (χ1n) is 10.7. The number of alkyl halides is 1. The number of halogens is 1. The van der Waals surface area contributed by atoms with Gasteiger partial charge in [0.1, 0.15) is 6.67 Å². The Balaban J connectivity index is 1.59. The summed E-state index contributed by atoms with van der Waals surface area (Å²) >= 11 is 0. The van der Waals surface area contributed by atoms with Crippen LogP contribution in [0.3, 0.4) is 0 Å². The van der Waals surface area contributed by atoms with E-state index in [-0.39, 0.29) is 18.7 Å². The second-order valence-electron chi connectivity index (χ2n) is 8.08. The normalized spacial score (nSPS) is 17.0. The fraction of sp³-hybridized carbons (Fsp3) is 0.400. The number of likely N-dealkylation sites (tertiary alicyclic amines) is 1. The highest BCUT2D eigenvalue weighted by Gasteiger charge is 2.24. The lowest BCUT2D eigenvalue weighted by atomic mass is 10.0. The molecule has 0 saturated carbocycles. The van der Waals surface area contributed by atoms with Crippen LogP contribution in [0.25, 0.3) is 10.9 Å². The minimum absolute atomic E-state index is 0.0833. The molecule has 0 N–H and O–H groups in total. The molecule has 1 atom stereocenters. The van der Waals surface area contributed by atoms with Crippen molar-refractivity contribution in [2.75, 3.05) is 26.9 Å². The molecule has 4 nitrogen and oxygen atoms in total. The van der Waals surface area contributed by atoms with Gasteiger partial charge >= 0.3 is 5.97 Å². The number of carbonyl (C=O) groups excluding carboxylic acids is 1. The van der Waals surface area contributed by atoms with E-state index in [1.807, 2.05) is 24.3 Å². The number of ether oxygens (including phenoxy) is 1. The Hall–Kier alpha value is -2.66. The predicted molar refractivity (Wildman–Crippen MR) is 118 cm³/mol. The first-order valence-corrected chi connectivity index (χ1v) is 10.7. The van der Waals surface area contributed by atoms with Gasteiger partial charge in [-0.2, -0.15) is 0 Å². The minimum Gasteiger partial charge on any atom is -0.465 e. The molecule has 0 amide bonds. The van der Waals surface area contributed by atoms with E-state index >= 15 is 0 Å². The molecule has 158 valence electrons. The van der Waals surface area contributed by atoms with Crippen molar-refractivity contribution in [3.63, 3.8) is 0 Å². The van der Waals surface area contributed by atoms with Crippen molar-refractivity contribution in [1.82, 2.24) is 9.47 Å². The van der Waals surface area contributed by atoms with Crippen LogP contribution in [0.15, 0.2) is 48.5 Å². The summed E-state index contributed by atoms with van der Waals surface area (Å²) in [7, 11) is 1.40. The Morgan fingerprint density at radius 2 is 1.90 bits per heavy atom. The SMILES string of the molecule is COC(=O)c1ccc(Cc2c(C)n(CCN3CCC[C@H]3CF)c3ccccc23)cc1. The number of hydrogen-bond donors (Lipinski definition) is 0. The second kappa shape index (κ2) is 9.00. The summed E-state index contributed by atoms with van der Waals surface area (Å²) < 4.78 is 20.4. The van der Waals surface area contributed by atoms with Crippen LogP contribution in [0.4, 0.5) is 4.39 Å². The van der Waals surface area contributed by atoms with Gasteiger partial charge in [0.05, 0.1) is 12.7 Å². The highest BCUT2D eigenvalue weighted by Crippen LogP contribution is 2.29. The van der Waals surface area contributed by atoms with E-state index in [9.17, 15) is 9.18 Å². The van der Waals surface area contributed by atoms with E-state index in [0.29, 0.717) is 5.56 Å². The Labute approximate surface area is 177 Å². The van der Waals surface area contributed by atoms with E-state index in [2.05, 4.69) is 40.7 Å². The molecule has 0 unspecified atom stereocenters. The molecular formula is C25H29FN2O2. The zero-order valence-corrected chi connectivity index (χ0v) is 17.7. The maximum Gasteiger partial charge on any atom is 0.337 e. The molecule has 0 spiro atoms. The molecule has 0 aliphatic carbocycles. The number of hydrogen-bond acceptors (Lipinski definition) is 3. The van der Waals surface area contributed by atoms with Crippen molar-refractivity contribution in [2.24, 2.45) is 0 Å². The number of benzene rings is 2. The summed E-state index contributed by atoms with van der Waals surface area (Å²) in [5.74, 6) is -0.317. The van der Waals surface area contributed by atoms with Crippen molar-refractivity contribution >= 4 is 16.9 Å². The molecule has 5 heteroatoms. The zero-order chi connectivity index (χ0) is 21.1. The summed E-state index contributed by atoms with van der Waals surface area (Å²) in [4.78, 5) is 14.0. The van der Waals surface area contributed by atoms with Crippen LogP contribution in [0.5, 0.6) is 0 Å². The summed E-state index contributed by atoms with van der Waals surface area (Å²) in [5, 5.41) is 1.26. The zero-order valence-electron chi connectivity index (χ0n) is 17.7. The first-order chi connectivity index (χ1) is 14.6. The van der Waals surface area contributed by atoms with Gasteiger partial charge in [0.2, 0.25) is 0 Å². The van der Waals surface area contributed by atoms with Gasteiger partial charge in [-0.05, 0) is 62.1 Å². The summed E-state index contributed by atoms with van der Waals surface area (Å²) in [6.07, 6.45) is 2.86. The van der Waals surface area contributed by atoms with Crippen molar-refractivity contribution in [1.29, 1.82) is 0 Å². The quantitative estimate of drug-likeness (QED) is 0.529. The lowest BCUT2D eigenvalue weighted by Crippen LogP contribution is -2.33. The number of para-hydroxylation sites is 1. The third-order valence-corrected chi connectivity index (χ3v) is 6.41. The molecule has 3 aromatic rings. The standard InChI is InChI=1S/C25H29FN2O2/c1-18-23(16-19-9-11-20(12-10-19)25(29)30-2)22-7-3-4-8-24(22)28(18)15-14-27-13-5-6-21(27)17-26/h3-4,7-12,21H,5-6,13-17H2,1-2H3/t21-/m0/s1. The van der Waals surface area contributed by atoms with Crippen LogP contribution >= 0.6 is 0 Å². The molecule has 0 bridgehead atoms. The molecule has 1 aromatic heterocycles. The average Bonchev–Trinajstić information content (AvgIpc) is 3.35. The molecule has 30 heavy (non-hydrogen) atoms. The van der Waals surface area contributed by atoms with Crippen LogP contribution < -0.4 is 0 Å². The van der Waals surface area contributed by atoms with Crippen LogP contribution in [0.2, 0.25) is 0 Å². The highest BCUT2D eigenvalue weighted by molar-refractivity contribution is 5.89. The maximum absolute atomic E-state index is 13.3. The summed E-state index contributed by atoms with van der Waals surface area (Å²) in [5.41, 5.74) is 5.51. The Kier molecular flexibility index (Phi) is 6.18. The summed E-state index contributed by atoms with van der Waals surface area (Å²) in [6, 6.07) is 16.2. The van der Waals surface area contributed by atoms with Gasteiger partial charge in [0.25, 0.3) is 0 Å². The molecule has 1 saturated heterocycles. The van der Waals surface area contributed by atoms with E-state index < -0.39 is 0 Å². The van der Waals surface area contributed by atoms with Gasteiger partial charge in [0, 0.05) is 35.7 Å². The largest absolute Gasteiger partial charge is 0.465 e. The van der Waals surface area contributed by atoms with Crippen LogP contribution in [-0.4, -0.2) is 48.4 Å². The van der Waals surface area contributed by atoms with E-state index in [1.54, 1.807) is 0 Å². The number of aromatic nitrogens is 1. The number of carbonyl (C=O) groups is 1. The molecule has 2 aromatic carbocycles. The average molecular weight is 409 g/mol. The Bertz CT molecular complexity index is 1030. The van der Waals surface area contributed by atoms with E-state index in [4.69, 9.17) is 4.74 Å². The fourth-order valence-corrected chi connectivity index (χ4v) is 4.69. The van der Waals surface area contributed by atoms with Gasteiger partial charge in [-0.15, -0.1) is 0 Å². The molecule has 1 aliphatic rings.